The molecule has 1 aromatic heterocycles. The van der Waals surface area contributed by atoms with Gasteiger partial charge in [-0.2, -0.15) is 0 Å². The maximum atomic E-state index is 13.0. The van der Waals surface area contributed by atoms with Crippen LogP contribution in [0.2, 0.25) is 10.2 Å². The van der Waals surface area contributed by atoms with Gasteiger partial charge in [-0.15, -0.1) is 0 Å². The van der Waals surface area contributed by atoms with Crippen molar-refractivity contribution in [2.45, 2.75) is 0 Å². The van der Waals surface area contributed by atoms with E-state index in [1.54, 1.807) is 0 Å². The molecular weight excluding hydrogens is 238 g/mol. The number of hydrogen-bond acceptors (Lipinski definition) is 2. The molecule has 0 bridgehead atoms. The third-order valence-corrected chi connectivity index (χ3v) is 2.37. The highest BCUT2D eigenvalue weighted by Gasteiger charge is 2.06. The Morgan fingerprint density at radius 1 is 1.07 bits per heavy atom. The van der Waals surface area contributed by atoms with Crippen molar-refractivity contribution >= 4 is 23.2 Å². The van der Waals surface area contributed by atoms with Gasteiger partial charge in [0.05, 0.1) is 10.7 Å². The molecule has 0 fully saturated rings. The largest absolute Gasteiger partial charge is 0.236 e. The van der Waals surface area contributed by atoms with Gasteiger partial charge in [-0.05, 0) is 18.2 Å². The fourth-order valence-electron chi connectivity index (χ4n) is 1.17. The van der Waals surface area contributed by atoms with Crippen LogP contribution >= 0.6 is 23.2 Å². The number of benzene rings is 1. The normalized spacial score (nSPS) is 10.3. The van der Waals surface area contributed by atoms with Crippen molar-refractivity contribution in [3.8, 4) is 11.3 Å². The Hall–Kier alpha value is -1.19. The van der Waals surface area contributed by atoms with Gasteiger partial charge in [0, 0.05) is 11.6 Å². The molecule has 0 atom stereocenters. The zero-order valence-corrected chi connectivity index (χ0v) is 8.93. The Bertz CT molecular complexity index is 503. The summed E-state index contributed by atoms with van der Waals surface area (Å²) in [5, 5.41) is 0.714. The number of aromatic nitrogens is 2. The van der Waals surface area contributed by atoms with E-state index < -0.39 is 0 Å². The first kappa shape index (κ1) is 10.3. The summed E-state index contributed by atoms with van der Waals surface area (Å²) < 4.78 is 13.0. The zero-order chi connectivity index (χ0) is 10.8. The molecule has 0 radical (unpaired) electrons. The van der Waals surface area contributed by atoms with Gasteiger partial charge in [-0.3, -0.25) is 0 Å². The van der Waals surface area contributed by atoms with Crippen LogP contribution in [0, 0.1) is 5.82 Å². The van der Waals surface area contributed by atoms with Crippen LogP contribution in [-0.2, 0) is 0 Å². The summed E-state index contributed by atoms with van der Waals surface area (Å²) in [6, 6.07) is 5.60. The topological polar surface area (TPSA) is 25.8 Å². The van der Waals surface area contributed by atoms with E-state index in [-0.39, 0.29) is 5.82 Å². The van der Waals surface area contributed by atoms with E-state index >= 15 is 0 Å². The van der Waals surface area contributed by atoms with Crippen LogP contribution in [0.25, 0.3) is 11.3 Å². The second kappa shape index (κ2) is 4.13. The lowest BCUT2D eigenvalue weighted by molar-refractivity contribution is 0.628. The van der Waals surface area contributed by atoms with E-state index in [2.05, 4.69) is 9.97 Å². The number of halogens is 3. The summed E-state index contributed by atoms with van der Waals surface area (Å²) in [6.07, 6.45) is 1.30. The van der Waals surface area contributed by atoms with E-state index in [4.69, 9.17) is 23.2 Å². The third-order valence-electron chi connectivity index (χ3n) is 1.84. The summed E-state index contributed by atoms with van der Waals surface area (Å²) >= 11 is 11.6. The SMILES string of the molecule is Fc1ccc(Cl)c(-c2cc(Cl)ncn2)c1. The molecule has 76 valence electrons. The van der Waals surface area contributed by atoms with E-state index in [1.165, 1.54) is 30.6 Å². The highest BCUT2D eigenvalue weighted by Crippen LogP contribution is 2.27. The first-order valence-corrected chi connectivity index (χ1v) is 4.85. The van der Waals surface area contributed by atoms with Crippen molar-refractivity contribution in [1.29, 1.82) is 0 Å². The number of nitrogens with zero attached hydrogens (tertiary/aromatic N) is 2. The van der Waals surface area contributed by atoms with Crippen molar-refractivity contribution in [2.24, 2.45) is 0 Å². The van der Waals surface area contributed by atoms with E-state index in [9.17, 15) is 4.39 Å². The molecule has 0 spiro atoms. The smallest absolute Gasteiger partial charge is 0.133 e. The molecule has 0 saturated carbocycles. The van der Waals surface area contributed by atoms with Crippen molar-refractivity contribution in [3.63, 3.8) is 0 Å². The van der Waals surface area contributed by atoms with Gasteiger partial charge in [0.15, 0.2) is 0 Å². The predicted molar refractivity (Wildman–Crippen MR) is 57.4 cm³/mol. The van der Waals surface area contributed by atoms with Crippen LogP contribution in [-0.4, -0.2) is 9.97 Å². The third kappa shape index (κ3) is 2.25. The molecule has 0 N–H and O–H groups in total. The van der Waals surface area contributed by atoms with Crippen molar-refractivity contribution < 1.29 is 4.39 Å². The molecule has 1 aromatic carbocycles. The molecule has 0 amide bonds. The number of hydrogen-bond donors (Lipinski definition) is 0. The van der Waals surface area contributed by atoms with E-state index in [0.29, 0.717) is 21.4 Å². The van der Waals surface area contributed by atoms with Crippen LogP contribution in [0.3, 0.4) is 0 Å². The highest BCUT2D eigenvalue weighted by atomic mass is 35.5. The molecule has 2 nitrogen and oxygen atoms in total. The fourth-order valence-corrected chi connectivity index (χ4v) is 1.54. The molecule has 2 aromatic rings. The Morgan fingerprint density at radius 2 is 1.87 bits per heavy atom. The minimum atomic E-state index is -0.371. The quantitative estimate of drug-likeness (QED) is 0.715. The molecule has 0 aliphatic carbocycles. The maximum Gasteiger partial charge on any atom is 0.133 e. The molecule has 15 heavy (non-hydrogen) atoms. The molecule has 0 saturated heterocycles. The lowest BCUT2D eigenvalue weighted by Crippen LogP contribution is -1.87. The number of rotatable bonds is 1. The molecule has 1 heterocycles. The summed E-state index contributed by atoms with van der Waals surface area (Å²) in [5.41, 5.74) is 1.00. The summed E-state index contributed by atoms with van der Waals surface area (Å²) in [6.45, 7) is 0. The summed E-state index contributed by atoms with van der Waals surface area (Å²) in [5.74, 6) is -0.371. The van der Waals surface area contributed by atoms with Gasteiger partial charge in [0.2, 0.25) is 0 Å². The van der Waals surface area contributed by atoms with Crippen molar-refractivity contribution in [1.82, 2.24) is 9.97 Å². The lowest BCUT2D eigenvalue weighted by atomic mass is 10.1. The van der Waals surface area contributed by atoms with Crippen LogP contribution in [0.5, 0.6) is 0 Å². The standard InChI is InChI=1S/C10H5Cl2FN2/c11-8-2-1-6(13)3-7(8)9-4-10(12)15-5-14-9/h1-5H. The predicted octanol–water partition coefficient (Wildman–Crippen LogP) is 3.59. The van der Waals surface area contributed by atoms with Crippen molar-refractivity contribution in [2.75, 3.05) is 0 Å². The average Bonchev–Trinajstić information content (AvgIpc) is 2.22. The van der Waals surface area contributed by atoms with Crippen LogP contribution in [0.4, 0.5) is 4.39 Å². The van der Waals surface area contributed by atoms with E-state index in [0.717, 1.165) is 0 Å². The second-order valence-corrected chi connectivity index (χ2v) is 3.64. The Kier molecular flexibility index (Phi) is 2.84. The van der Waals surface area contributed by atoms with Crippen molar-refractivity contribution in [3.05, 3.63) is 46.6 Å². The molecule has 0 aliphatic rings. The second-order valence-electron chi connectivity index (χ2n) is 2.85. The molecule has 5 heteroatoms. The van der Waals surface area contributed by atoms with Crippen LogP contribution in [0.15, 0.2) is 30.6 Å². The lowest BCUT2D eigenvalue weighted by Gasteiger charge is -2.03. The van der Waals surface area contributed by atoms with Gasteiger partial charge in [-0.1, -0.05) is 23.2 Å². The van der Waals surface area contributed by atoms with E-state index in [1.807, 2.05) is 0 Å². The summed E-state index contributed by atoms with van der Waals surface area (Å²) in [7, 11) is 0. The molecule has 0 unspecified atom stereocenters. The van der Waals surface area contributed by atoms with Crippen LogP contribution in [0.1, 0.15) is 0 Å². The summed E-state index contributed by atoms with van der Waals surface area (Å²) in [4.78, 5) is 7.70. The van der Waals surface area contributed by atoms with Gasteiger partial charge < -0.3 is 0 Å². The zero-order valence-electron chi connectivity index (χ0n) is 7.42. The van der Waals surface area contributed by atoms with Gasteiger partial charge >= 0.3 is 0 Å². The Labute approximate surface area is 95.7 Å². The monoisotopic (exact) mass is 242 g/mol. The van der Waals surface area contributed by atoms with Gasteiger partial charge in [-0.25, -0.2) is 14.4 Å². The first-order valence-electron chi connectivity index (χ1n) is 4.10. The Balaban J connectivity index is 2.58. The fraction of sp³-hybridized carbons (Fsp3) is 0. The minimum absolute atomic E-state index is 0.292. The molecule has 0 aliphatic heterocycles. The molecule has 2 rings (SSSR count). The average molecular weight is 243 g/mol. The van der Waals surface area contributed by atoms with Gasteiger partial charge in [0.1, 0.15) is 17.3 Å². The van der Waals surface area contributed by atoms with Crippen LogP contribution < -0.4 is 0 Å². The minimum Gasteiger partial charge on any atom is -0.236 e. The maximum absolute atomic E-state index is 13.0. The highest BCUT2D eigenvalue weighted by molar-refractivity contribution is 6.33. The first-order chi connectivity index (χ1) is 7.16. The Morgan fingerprint density at radius 3 is 2.60 bits per heavy atom. The molecular formula is C10H5Cl2FN2. The van der Waals surface area contributed by atoms with Gasteiger partial charge in [0.25, 0.3) is 0 Å².